The molecule has 0 radical (unpaired) electrons. The molecule has 0 saturated carbocycles. The number of hydrogen-bond acceptors (Lipinski definition) is 5. The molecule has 1 unspecified atom stereocenters. The molecule has 0 aliphatic carbocycles. The van der Waals surface area contributed by atoms with Gasteiger partial charge in [-0.25, -0.2) is 14.8 Å². The molecular weight excluding hydrogens is 300 g/mol. The number of nitrogens with zero attached hydrogens (tertiary/aromatic N) is 3. The molecule has 0 bridgehead atoms. The zero-order valence-corrected chi connectivity index (χ0v) is 11.9. The van der Waals surface area contributed by atoms with Crippen LogP contribution in [0.4, 0.5) is 4.79 Å². The van der Waals surface area contributed by atoms with E-state index in [2.05, 4.69) is 9.97 Å². The number of rotatable bonds is 2. The van der Waals surface area contributed by atoms with Crippen LogP contribution in [0.25, 0.3) is 10.2 Å². The average Bonchev–Trinajstić information content (AvgIpc) is 2.95. The monoisotopic (exact) mass is 310 g/mol. The van der Waals surface area contributed by atoms with Gasteiger partial charge in [0.05, 0.1) is 0 Å². The summed E-state index contributed by atoms with van der Waals surface area (Å²) >= 11 is 7.49. The number of nitrogens with two attached hydrogens (primary N) is 1. The number of hydrogen-bond donors (Lipinski definition) is 1. The number of carbonyl (C=O) groups excluding carboxylic acids is 2. The number of imide groups is 1. The van der Waals surface area contributed by atoms with E-state index in [1.807, 2.05) is 6.07 Å². The van der Waals surface area contributed by atoms with Crippen LogP contribution < -0.4 is 5.73 Å². The number of carbonyl (C=O) groups is 2. The normalized spacial score (nSPS) is 18.9. The SMILES string of the molecule is NC(=O)N1CCC(Cc2cc3c(Cl)ncnc3s2)C1=O. The summed E-state index contributed by atoms with van der Waals surface area (Å²) in [5, 5.41) is 1.21. The van der Waals surface area contributed by atoms with Crippen LogP contribution in [0, 0.1) is 5.92 Å². The van der Waals surface area contributed by atoms with E-state index < -0.39 is 6.03 Å². The van der Waals surface area contributed by atoms with Crippen molar-refractivity contribution in [2.45, 2.75) is 12.8 Å². The molecule has 6 nitrogen and oxygen atoms in total. The van der Waals surface area contributed by atoms with Gasteiger partial charge in [0.25, 0.3) is 0 Å². The quantitative estimate of drug-likeness (QED) is 0.857. The highest BCUT2D eigenvalue weighted by Crippen LogP contribution is 2.31. The van der Waals surface area contributed by atoms with Gasteiger partial charge < -0.3 is 5.73 Å². The molecule has 1 saturated heterocycles. The van der Waals surface area contributed by atoms with Gasteiger partial charge in [-0.05, 0) is 18.9 Å². The van der Waals surface area contributed by atoms with Gasteiger partial charge in [0.1, 0.15) is 16.3 Å². The van der Waals surface area contributed by atoms with Crippen LogP contribution in [0.3, 0.4) is 0 Å². The lowest BCUT2D eigenvalue weighted by Gasteiger charge is -2.10. The van der Waals surface area contributed by atoms with Crippen molar-refractivity contribution in [3.05, 3.63) is 22.4 Å². The van der Waals surface area contributed by atoms with E-state index in [4.69, 9.17) is 17.3 Å². The zero-order valence-electron chi connectivity index (χ0n) is 10.4. The molecule has 1 aliphatic rings. The van der Waals surface area contributed by atoms with Gasteiger partial charge in [-0.15, -0.1) is 11.3 Å². The Balaban J connectivity index is 1.82. The second kappa shape index (κ2) is 4.99. The van der Waals surface area contributed by atoms with Crippen LogP contribution in [0.5, 0.6) is 0 Å². The van der Waals surface area contributed by atoms with E-state index in [0.29, 0.717) is 24.5 Å². The maximum absolute atomic E-state index is 12.0. The lowest BCUT2D eigenvalue weighted by Crippen LogP contribution is -2.38. The van der Waals surface area contributed by atoms with Crippen molar-refractivity contribution in [1.82, 2.24) is 14.9 Å². The summed E-state index contributed by atoms with van der Waals surface area (Å²) in [6.45, 7) is 0.393. The maximum atomic E-state index is 12.0. The van der Waals surface area contributed by atoms with E-state index in [-0.39, 0.29) is 11.8 Å². The number of halogens is 1. The molecule has 3 rings (SSSR count). The molecule has 1 atom stereocenters. The molecule has 2 aromatic rings. The fourth-order valence-corrected chi connectivity index (χ4v) is 3.69. The molecule has 3 heterocycles. The lowest BCUT2D eigenvalue weighted by molar-refractivity contribution is -0.128. The second-order valence-corrected chi connectivity index (χ2v) is 6.09. The molecular formula is C12H11ClN4O2S. The average molecular weight is 311 g/mol. The highest BCUT2D eigenvalue weighted by molar-refractivity contribution is 7.18. The first-order valence-corrected chi connectivity index (χ1v) is 7.25. The molecule has 1 aliphatic heterocycles. The number of primary amides is 1. The van der Waals surface area contributed by atoms with Crippen molar-refractivity contribution in [2.24, 2.45) is 11.7 Å². The van der Waals surface area contributed by atoms with Crippen LogP contribution >= 0.6 is 22.9 Å². The third-order valence-electron chi connectivity index (χ3n) is 3.36. The maximum Gasteiger partial charge on any atom is 0.321 e. The highest BCUT2D eigenvalue weighted by atomic mass is 35.5. The summed E-state index contributed by atoms with van der Waals surface area (Å²) < 4.78 is 0. The molecule has 2 N–H and O–H groups in total. The zero-order chi connectivity index (χ0) is 14.3. The van der Waals surface area contributed by atoms with Gasteiger partial charge in [-0.1, -0.05) is 11.6 Å². The van der Waals surface area contributed by atoms with E-state index in [9.17, 15) is 9.59 Å². The number of urea groups is 1. The van der Waals surface area contributed by atoms with Crippen LogP contribution in [0.1, 0.15) is 11.3 Å². The summed E-state index contributed by atoms with van der Waals surface area (Å²) in [7, 11) is 0. The summed E-state index contributed by atoms with van der Waals surface area (Å²) in [6.07, 6.45) is 2.62. The van der Waals surface area contributed by atoms with Gasteiger partial charge in [0.2, 0.25) is 5.91 Å². The van der Waals surface area contributed by atoms with E-state index in [1.54, 1.807) is 0 Å². The highest BCUT2D eigenvalue weighted by Gasteiger charge is 2.34. The smallest absolute Gasteiger partial charge is 0.321 e. The van der Waals surface area contributed by atoms with Gasteiger partial charge in [0, 0.05) is 22.7 Å². The summed E-state index contributed by atoms with van der Waals surface area (Å²) in [6, 6.07) is 1.23. The van der Waals surface area contributed by atoms with Crippen molar-refractivity contribution in [1.29, 1.82) is 0 Å². The fraction of sp³-hybridized carbons (Fsp3) is 0.333. The van der Waals surface area contributed by atoms with E-state index in [1.165, 1.54) is 17.7 Å². The number of thiophene rings is 1. The Morgan fingerprint density at radius 2 is 2.35 bits per heavy atom. The predicted octanol–water partition coefficient (Wildman–Crippen LogP) is 1.81. The molecule has 104 valence electrons. The minimum absolute atomic E-state index is 0.202. The molecule has 8 heteroatoms. The Hall–Kier alpha value is -1.73. The number of likely N-dealkylation sites (tertiary alicyclic amines) is 1. The van der Waals surface area contributed by atoms with Crippen molar-refractivity contribution in [3.63, 3.8) is 0 Å². The van der Waals surface area contributed by atoms with Crippen molar-refractivity contribution >= 4 is 45.1 Å². The molecule has 20 heavy (non-hydrogen) atoms. The lowest BCUT2D eigenvalue weighted by atomic mass is 10.0. The minimum atomic E-state index is -0.678. The fourth-order valence-electron chi connectivity index (χ4n) is 2.37. The van der Waals surface area contributed by atoms with Gasteiger partial charge in [-0.3, -0.25) is 9.69 Å². The van der Waals surface area contributed by atoms with Crippen molar-refractivity contribution in [3.8, 4) is 0 Å². The molecule has 2 aromatic heterocycles. The third-order valence-corrected chi connectivity index (χ3v) is 4.73. The molecule has 3 amide bonds. The van der Waals surface area contributed by atoms with Gasteiger partial charge in [-0.2, -0.15) is 0 Å². The van der Waals surface area contributed by atoms with Crippen LogP contribution in [0.15, 0.2) is 12.4 Å². The molecule has 1 fully saturated rings. The molecule has 0 spiro atoms. The van der Waals surface area contributed by atoms with Crippen LogP contribution in [0.2, 0.25) is 5.15 Å². The Morgan fingerprint density at radius 1 is 1.55 bits per heavy atom. The van der Waals surface area contributed by atoms with Gasteiger partial charge in [0.15, 0.2) is 0 Å². The summed E-state index contributed by atoms with van der Waals surface area (Å²) in [4.78, 5) is 34.1. The Labute approximate surface area is 123 Å². The molecule has 0 aromatic carbocycles. The number of aromatic nitrogens is 2. The van der Waals surface area contributed by atoms with Crippen molar-refractivity contribution in [2.75, 3.05) is 6.54 Å². The van der Waals surface area contributed by atoms with Crippen LogP contribution in [-0.2, 0) is 11.2 Å². The van der Waals surface area contributed by atoms with Gasteiger partial charge >= 0.3 is 6.03 Å². The minimum Gasteiger partial charge on any atom is -0.351 e. The predicted molar refractivity (Wildman–Crippen MR) is 75.5 cm³/mol. The Morgan fingerprint density at radius 3 is 3.00 bits per heavy atom. The van der Waals surface area contributed by atoms with E-state index in [0.717, 1.165) is 20.0 Å². The first-order valence-electron chi connectivity index (χ1n) is 6.06. The third kappa shape index (κ3) is 2.23. The first kappa shape index (κ1) is 13.3. The summed E-state index contributed by atoms with van der Waals surface area (Å²) in [5.41, 5.74) is 5.16. The second-order valence-electron chi connectivity index (χ2n) is 4.61. The summed E-state index contributed by atoms with van der Waals surface area (Å²) in [5.74, 6) is -0.408. The largest absolute Gasteiger partial charge is 0.351 e. The standard InChI is InChI=1S/C12H11ClN4O2S/c13-9-8-4-7(20-10(8)16-5-15-9)3-6-1-2-17(11(6)18)12(14)19/h4-6H,1-3H2,(H2,14,19). The first-order chi connectivity index (χ1) is 9.56. The topological polar surface area (TPSA) is 89.2 Å². The van der Waals surface area contributed by atoms with Crippen LogP contribution in [-0.4, -0.2) is 33.4 Å². The van der Waals surface area contributed by atoms with Crippen molar-refractivity contribution < 1.29 is 9.59 Å². The number of amides is 3. The Bertz CT molecular complexity index is 702. The van der Waals surface area contributed by atoms with E-state index >= 15 is 0 Å². The number of fused-ring (bicyclic) bond motifs is 1. The Kier molecular flexibility index (Phi) is 3.31.